The lowest BCUT2D eigenvalue weighted by Crippen LogP contribution is -2.55. The standard InChI is InChI=1S/C20H25N7O2/c1-12(2)19-22-20(25-29-19)26-8-6-13-9-14(15(13)11-26)18(28)21-10-17-24-23-16-5-3-4-7-27(16)17/h3-5,7,12-15H,6,8-11H2,1-2H3,(H,21,28)/t13-,14-,15-/m1/s1. The maximum absolute atomic E-state index is 12.8. The van der Waals surface area contributed by atoms with Crippen molar-refractivity contribution in [3.63, 3.8) is 0 Å². The SMILES string of the molecule is CC(C)c1nc(N2CC[C@@H]3C[C@@H](C(=O)NCc4nnc5ccccn45)[C@@H]3C2)no1. The monoisotopic (exact) mass is 395 g/mol. The zero-order chi connectivity index (χ0) is 20.0. The van der Waals surface area contributed by atoms with Gasteiger partial charge < -0.3 is 14.7 Å². The van der Waals surface area contributed by atoms with Gasteiger partial charge in [0.1, 0.15) is 0 Å². The highest BCUT2D eigenvalue weighted by atomic mass is 16.5. The second-order valence-corrected chi connectivity index (χ2v) is 8.35. The van der Waals surface area contributed by atoms with E-state index in [1.165, 1.54) is 0 Å². The van der Waals surface area contributed by atoms with Crippen LogP contribution in [0.3, 0.4) is 0 Å². The van der Waals surface area contributed by atoms with Gasteiger partial charge in [-0.15, -0.1) is 10.2 Å². The molecule has 0 unspecified atom stereocenters. The Bertz CT molecular complexity index is 1030. The first-order valence-electron chi connectivity index (χ1n) is 10.2. The molecule has 29 heavy (non-hydrogen) atoms. The van der Waals surface area contributed by atoms with E-state index >= 15 is 0 Å². The lowest BCUT2D eigenvalue weighted by molar-refractivity contribution is -0.134. The summed E-state index contributed by atoms with van der Waals surface area (Å²) in [4.78, 5) is 19.5. The number of rotatable bonds is 5. The van der Waals surface area contributed by atoms with Gasteiger partial charge in [0.2, 0.25) is 11.8 Å². The lowest BCUT2D eigenvalue weighted by atomic mass is 9.61. The number of carbonyl (C=O) groups is 1. The molecule has 9 heteroatoms. The second-order valence-electron chi connectivity index (χ2n) is 8.35. The van der Waals surface area contributed by atoms with Crippen LogP contribution in [0.15, 0.2) is 28.9 Å². The van der Waals surface area contributed by atoms with E-state index in [2.05, 4.69) is 30.6 Å². The van der Waals surface area contributed by atoms with E-state index in [-0.39, 0.29) is 17.7 Å². The van der Waals surface area contributed by atoms with Crippen LogP contribution in [0.5, 0.6) is 0 Å². The number of nitrogens with one attached hydrogen (secondary N) is 1. The van der Waals surface area contributed by atoms with Gasteiger partial charge in [0.05, 0.1) is 6.54 Å². The van der Waals surface area contributed by atoms with E-state index in [1.54, 1.807) is 0 Å². The minimum absolute atomic E-state index is 0.0263. The first-order chi connectivity index (χ1) is 14.1. The molecule has 2 aliphatic rings. The molecule has 0 aromatic carbocycles. The number of piperidine rings is 1. The summed E-state index contributed by atoms with van der Waals surface area (Å²) < 4.78 is 7.25. The van der Waals surface area contributed by atoms with Gasteiger partial charge in [-0.25, -0.2) is 0 Å². The van der Waals surface area contributed by atoms with E-state index in [9.17, 15) is 4.79 Å². The van der Waals surface area contributed by atoms with Crippen molar-refractivity contribution in [1.29, 1.82) is 0 Å². The Morgan fingerprint density at radius 2 is 2.24 bits per heavy atom. The van der Waals surface area contributed by atoms with Crippen molar-refractivity contribution in [2.45, 2.75) is 39.2 Å². The molecule has 5 rings (SSSR count). The summed E-state index contributed by atoms with van der Waals surface area (Å²) in [6, 6.07) is 5.75. The molecule has 152 valence electrons. The molecule has 1 aliphatic heterocycles. The van der Waals surface area contributed by atoms with E-state index in [4.69, 9.17) is 4.52 Å². The molecular weight excluding hydrogens is 370 g/mol. The molecule has 3 atom stereocenters. The molecule has 0 spiro atoms. The minimum Gasteiger partial charge on any atom is -0.349 e. The number of pyridine rings is 1. The van der Waals surface area contributed by atoms with Crippen LogP contribution < -0.4 is 10.2 Å². The van der Waals surface area contributed by atoms with E-state index < -0.39 is 0 Å². The van der Waals surface area contributed by atoms with Crippen LogP contribution in [-0.2, 0) is 11.3 Å². The summed E-state index contributed by atoms with van der Waals surface area (Å²) in [6.45, 7) is 6.17. The fraction of sp³-hybridized carbons (Fsp3) is 0.550. The van der Waals surface area contributed by atoms with Crippen LogP contribution >= 0.6 is 0 Å². The highest BCUT2D eigenvalue weighted by Gasteiger charge is 2.48. The van der Waals surface area contributed by atoms with Crippen molar-refractivity contribution in [1.82, 2.24) is 30.1 Å². The molecule has 9 nitrogen and oxygen atoms in total. The summed E-state index contributed by atoms with van der Waals surface area (Å²) in [6.07, 6.45) is 3.93. The third-order valence-electron chi connectivity index (χ3n) is 6.23. The van der Waals surface area contributed by atoms with Gasteiger partial charge in [-0.3, -0.25) is 9.20 Å². The van der Waals surface area contributed by atoms with Crippen LogP contribution in [0.4, 0.5) is 5.95 Å². The fourth-order valence-corrected chi connectivity index (χ4v) is 4.47. The normalized spacial score (nSPS) is 23.8. The molecule has 3 aromatic rings. The van der Waals surface area contributed by atoms with Gasteiger partial charge in [0.25, 0.3) is 5.95 Å². The fourth-order valence-electron chi connectivity index (χ4n) is 4.47. The van der Waals surface area contributed by atoms with Crippen LogP contribution in [-0.4, -0.2) is 43.7 Å². The molecular formula is C20H25N7O2. The average molecular weight is 395 g/mol. The van der Waals surface area contributed by atoms with Crippen molar-refractivity contribution in [3.05, 3.63) is 36.1 Å². The molecule has 2 fully saturated rings. The number of amides is 1. The zero-order valence-electron chi connectivity index (χ0n) is 16.7. The van der Waals surface area contributed by atoms with Crippen LogP contribution in [0.25, 0.3) is 5.65 Å². The highest BCUT2D eigenvalue weighted by molar-refractivity contribution is 5.80. The first-order valence-corrected chi connectivity index (χ1v) is 10.2. The molecule has 1 saturated carbocycles. The van der Waals surface area contributed by atoms with Crippen LogP contribution in [0, 0.1) is 17.8 Å². The van der Waals surface area contributed by atoms with E-state index in [1.807, 2.05) is 42.6 Å². The predicted octanol–water partition coefficient (Wildman–Crippen LogP) is 2.01. The number of carbonyl (C=O) groups excluding carboxylic acids is 1. The molecule has 3 aromatic heterocycles. The average Bonchev–Trinajstić information content (AvgIpc) is 3.35. The van der Waals surface area contributed by atoms with E-state index in [0.717, 1.165) is 37.4 Å². The summed E-state index contributed by atoms with van der Waals surface area (Å²) >= 11 is 0. The highest BCUT2D eigenvalue weighted by Crippen LogP contribution is 2.46. The summed E-state index contributed by atoms with van der Waals surface area (Å²) in [5.41, 5.74) is 0.782. The number of hydrogen-bond donors (Lipinski definition) is 1. The lowest BCUT2D eigenvalue weighted by Gasteiger charge is -2.49. The summed E-state index contributed by atoms with van der Waals surface area (Å²) in [5, 5.41) is 15.5. The summed E-state index contributed by atoms with van der Waals surface area (Å²) in [5.74, 6) is 3.31. The van der Waals surface area contributed by atoms with E-state index in [0.29, 0.717) is 30.2 Å². The van der Waals surface area contributed by atoms with Gasteiger partial charge in [-0.1, -0.05) is 19.9 Å². The molecule has 0 bridgehead atoms. The van der Waals surface area contributed by atoms with Crippen molar-refractivity contribution < 1.29 is 9.32 Å². The zero-order valence-corrected chi connectivity index (χ0v) is 16.7. The van der Waals surface area contributed by atoms with Gasteiger partial charge in [0.15, 0.2) is 11.5 Å². The number of anilines is 1. The van der Waals surface area contributed by atoms with Gasteiger partial charge >= 0.3 is 0 Å². The van der Waals surface area contributed by atoms with Crippen molar-refractivity contribution >= 4 is 17.5 Å². The molecule has 1 aliphatic carbocycles. The topological polar surface area (TPSA) is 101 Å². The largest absolute Gasteiger partial charge is 0.349 e. The van der Waals surface area contributed by atoms with Gasteiger partial charge in [0, 0.05) is 31.1 Å². The smallest absolute Gasteiger partial charge is 0.266 e. The molecule has 4 heterocycles. The quantitative estimate of drug-likeness (QED) is 0.705. The maximum atomic E-state index is 12.8. The Morgan fingerprint density at radius 3 is 3.07 bits per heavy atom. The number of aromatic nitrogens is 5. The predicted molar refractivity (Wildman–Crippen MR) is 105 cm³/mol. The molecule has 1 amide bonds. The number of hydrogen-bond acceptors (Lipinski definition) is 7. The van der Waals surface area contributed by atoms with Crippen molar-refractivity contribution in [3.8, 4) is 0 Å². The van der Waals surface area contributed by atoms with Crippen LogP contribution in [0.2, 0.25) is 0 Å². The maximum Gasteiger partial charge on any atom is 0.266 e. The summed E-state index contributed by atoms with van der Waals surface area (Å²) in [7, 11) is 0. The van der Waals surface area contributed by atoms with Crippen molar-refractivity contribution in [2.24, 2.45) is 17.8 Å². The Morgan fingerprint density at radius 1 is 1.34 bits per heavy atom. The van der Waals surface area contributed by atoms with Gasteiger partial charge in [-0.05, 0) is 42.0 Å². The Labute approximate surface area is 168 Å². The Hall–Kier alpha value is -2.97. The number of fused-ring (bicyclic) bond motifs is 2. The third kappa shape index (κ3) is 3.24. The first kappa shape index (κ1) is 18.1. The number of nitrogens with zero attached hydrogens (tertiary/aromatic N) is 6. The molecule has 1 N–H and O–H groups in total. The van der Waals surface area contributed by atoms with Crippen LogP contribution in [0.1, 0.15) is 44.3 Å². The third-order valence-corrected chi connectivity index (χ3v) is 6.23. The second kappa shape index (κ2) is 7.13. The Balaban J connectivity index is 1.21. The molecule has 1 saturated heterocycles. The van der Waals surface area contributed by atoms with Gasteiger partial charge in [-0.2, -0.15) is 4.98 Å². The minimum atomic E-state index is 0.0263. The Kier molecular flexibility index (Phi) is 4.44. The molecule has 0 radical (unpaired) electrons. The van der Waals surface area contributed by atoms with Crippen molar-refractivity contribution in [2.75, 3.05) is 18.0 Å².